The van der Waals surface area contributed by atoms with E-state index < -0.39 is 10.0 Å². The van der Waals surface area contributed by atoms with Crippen molar-refractivity contribution in [2.75, 3.05) is 18.4 Å². The van der Waals surface area contributed by atoms with E-state index in [9.17, 15) is 13.2 Å². The van der Waals surface area contributed by atoms with Crippen molar-refractivity contribution in [2.24, 2.45) is 0 Å². The van der Waals surface area contributed by atoms with Gasteiger partial charge in [0.2, 0.25) is 0 Å². The summed E-state index contributed by atoms with van der Waals surface area (Å²) >= 11 is 0. The Hall–Kier alpha value is -2.54. The van der Waals surface area contributed by atoms with Crippen LogP contribution in [0.5, 0.6) is 5.75 Å². The number of hydrogen-bond donors (Lipinski definition) is 2. The van der Waals surface area contributed by atoms with Crippen LogP contribution in [0.3, 0.4) is 0 Å². The van der Waals surface area contributed by atoms with Gasteiger partial charge >= 0.3 is 0 Å². The van der Waals surface area contributed by atoms with Gasteiger partial charge in [-0.3, -0.25) is 9.52 Å². The van der Waals surface area contributed by atoms with Crippen molar-refractivity contribution in [3.8, 4) is 5.75 Å². The van der Waals surface area contributed by atoms with Crippen LogP contribution in [0.25, 0.3) is 0 Å². The molecule has 2 rings (SSSR count). The van der Waals surface area contributed by atoms with Crippen molar-refractivity contribution in [1.29, 1.82) is 0 Å². The fourth-order valence-corrected chi connectivity index (χ4v) is 3.78. The fraction of sp³-hybridized carbons (Fsp3) is 0.350. The van der Waals surface area contributed by atoms with Gasteiger partial charge < -0.3 is 10.1 Å². The maximum atomic E-state index is 12.8. The van der Waals surface area contributed by atoms with Gasteiger partial charge in [-0.15, -0.1) is 0 Å². The lowest BCUT2D eigenvalue weighted by Gasteiger charge is -2.13. The molecule has 0 saturated heterocycles. The van der Waals surface area contributed by atoms with E-state index in [2.05, 4.69) is 10.0 Å². The van der Waals surface area contributed by atoms with Crippen LogP contribution in [0.1, 0.15) is 42.6 Å². The Kier molecular flexibility index (Phi) is 7.24. The second-order valence-electron chi connectivity index (χ2n) is 6.13. The first-order valence-electron chi connectivity index (χ1n) is 8.99. The van der Waals surface area contributed by atoms with Crippen molar-refractivity contribution in [2.45, 2.75) is 38.0 Å². The van der Waals surface area contributed by atoms with Crippen LogP contribution in [-0.2, 0) is 16.4 Å². The molecule has 0 fully saturated rings. The number of ether oxygens (including phenoxy) is 1. The number of amides is 1. The maximum Gasteiger partial charge on any atom is 0.265 e. The van der Waals surface area contributed by atoms with Crippen LogP contribution in [0.2, 0.25) is 0 Å². The van der Waals surface area contributed by atoms with Crippen LogP contribution in [0.4, 0.5) is 5.69 Å². The molecule has 0 aliphatic rings. The van der Waals surface area contributed by atoms with Gasteiger partial charge in [-0.2, -0.15) is 0 Å². The molecule has 0 radical (unpaired) electrons. The highest BCUT2D eigenvalue weighted by Crippen LogP contribution is 2.27. The van der Waals surface area contributed by atoms with Gasteiger partial charge in [0.25, 0.3) is 15.9 Å². The third kappa shape index (κ3) is 5.47. The molecule has 6 nitrogen and oxygen atoms in total. The number of sulfonamides is 1. The second-order valence-corrected chi connectivity index (χ2v) is 7.78. The largest absolute Gasteiger partial charge is 0.495 e. The minimum absolute atomic E-state index is 0.0762. The number of nitrogens with one attached hydrogen (secondary N) is 2. The Morgan fingerprint density at radius 2 is 1.78 bits per heavy atom. The molecule has 0 spiro atoms. The van der Waals surface area contributed by atoms with Crippen molar-refractivity contribution in [3.05, 3.63) is 53.6 Å². The summed E-state index contributed by atoms with van der Waals surface area (Å²) in [6, 6.07) is 11.5. The first kappa shape index (κ1) is 20.8. The van der Waals surface area contributed by atoms with Crippen molar-refractivity contribution in [3.63, 3.8) is 0 Å². The first-order chi connectivity index (χ1) is 12.9. The Bertz CT molecular complexity index is 877. The van der Waals surface area contributed by atoms with E-state index in [1.54, 1.807) is 18.2 Å². The topological polar surface area (TPSA) is 84.5 Å². The summed E-state index contributed by atoms with van der Waals surface area (Å²) in [7, 11) is -2.52. The zero-order chi connectivity index (χ0) is 19.9. The molecule has 0 heterocycles. The fourth-order valence-electron chi connectivity index (χ4n) is 2.53. The molecule has 1 amide bonds. The van der Waals surface area contributed by atoms with E-state index in [1.807, 2.05) is 26.0 Å². The normalized spacial score (nSPS) is 11.1. The first-order valence-corrected chi connectivity index (χ1v) is 10.5. The minimum atomic E-state index is -3.91. The van der Waals surface area contributed by atoms with Gasteiger partial charge in [0.15, 0.2) is 0 Å². The monoisotopic (exact) mass is 390 g/mol. The molecule has 2 aromatic carbocycles. The molecule has 0 saturated carbocycles. The van der Waals surface area contributed by atoms with Crippen LogP contribution >= 0.6 is 0 Å². The summed E-state index contributed by atoms with van der Waals surface area (Å²) < 4.78 is 33.4. The zero-order valence-electron chi connectivity index (χ0n) is 15.9. The van der Waals surface area contributed by atoms with E-state index in [0.29, 0.717) is 12.2 Å². The predicted molar refractivity (Wildman–Crippen MR) is 107 cm³/mol. The van der Waals surface area contributed by atoms with Crippen molar-refractivity contribution < 1.29 is 17.9 Å². The van der Waals surface area contributed by atoms with Gasteiger partial charge in [-0.05, 0) is 48.7 Å². The van der Waals surface area contributed by atoms with Gasteiger partial charge in [0.1, 0.15) is 10.6 Å². The summed E-state index contributed by atoms with van der Waals surface area (Å²) in [6.45, 7) is 4.61. The smallest absolute Gasteiger partial charge is 0.265 e. The summed E-state index contributed by atoms with van der Waals surface area (Å²) in [5.41, 5.74) is 1.84. The number of rotatable bonds is 9. The Morgan fingerprint density at radius 1 is 1.07 bits per heavy atom. The van der Waals surface area contributed by atoms with E-state index in [0.717, 1.165) is 24.8 Å². The quantitative estimate of drug-likeness (QED) is 0.641. The highest BCUT2D eigenvalue weighted by atomic mass is 32.2. The van der Waals surface area contributed by atoms with Gasteiger partial charge in [-0.1, -0.05) is 32.4 Å². The second kappa shape index (κ2) is 9.41. The van der Waals surface area contributed by atoms with Crippen LogP contribution in [0, 0.1) is 0 Å². The number of carbonyl (C=O) groups excluding carboxylic acids is 1. The Balaban J connectivity index is 2.29. The molecular formula is C20H26N2O4S. The molecule has 0 aliphatic carbocycles. The lowest BCUT2D eigenvalue weighted by molar-refractivity contribution is 0.0953. The highest BCUT2D eigenvalue weighted by Gasteiger charge is 2.22. The van der Waals surface area contributed by atoms with E-state index in [1.165, 1.54) is 19.2 Å². The number of unbranched alkanes of at least 4 members (excludes halogenated alkanes) is 1. The molecule has 0 aliphatic heterocycles. The maximum absolute atomic E-state index is 12.8. The van der Waals surface area contributed by atoms with E-state index >= 15 is 0 Å². The number of hydrogen-bond acceptors (Lipinski definition) is 4. The standard InChI is InChI=1S/C20H26N2O4S/c1-4-6-13-21-20(23)16-9-12-18(26-3)19(14-16)27(24,25)22-17-10-7-15(5-2)8-11-17/h7-12,14,22H,4-6,13H2,1-3H3,(H,21,23). The average molecular weight is 391 g/mol. The van der Waals surface area contributed by atoms with Gasteiger partial charge in [0.05, 0.1) is 7.11 Å². The van der Waals surface area contributed by atoms with Crippen LogP contribution in [-0.4, -0.2) is 28.0 Å². The summed E-state index contributed by atoms with van der Waals surface area (Å²) in [4.78, 5) is 12.2. The molecule has 146 valence electrons. The molecule has 7 heteroatoms. The zero-order valence-corrected chi connectivity index (χ0v) is 16.7. The molecule has 0 bridgehead atoms. The number of benzene rings is 2. The summed E-state index contributed by atoms with van der Waals surface area (Å²) in [5, 5.41) is 2.78. The third-order valence-corrected chi connectivity index (χ3v) is 5.55. The van der Waals surface area contributed by atoms with E-state index in [-0.39, 0.29) is 22.1 Å². The van der Waals surface area contributed by atoms with Crippen LogP contribution < -0.4 is 14.8 Å². The number of anilines is 1. The van der Waals surface area contributed by atoms with Crippen LogP contribution in [0.15, 0.2) is 47.4 Å². The molecule has 27 heavy (non-hydrogen) atoms. The van der Waals surface area contributed by atoms with Gasteiger partial charge in [-0.25, -0.2) is 8.42 Å². The molecule has 2 N–H and O–H groups in total. The Labute approximate surface area is 161 Å². The van der Waals surface area contributed by atoms with E-state index in [4.69, 9.17) is 4.74 Å². The third-order valence-electron chi connectivity index (χ3n) is 4.15. The molecular weight excluding hydrogens is 364 g/mol. The van der Waals surface area contributed by atoms with Crippen molar-refractivity contribution in [1.82, 2.24) is 5.32 Å². The summed E-state index contributed by atoms with van der Waals surface area (Å²) in [5.74, 6) is -0.132. The Morgan fingerprint density at radius 3 is 2.37 bits per heavy atom. The molecule has 0 atom stereocenters. The molecule has 0 aromatic heterocycles. The lowest BCUT2D eigenvalue weighted by atomic mass is 10.2. The number of methoxy groups -OCH3 is 1. The lowest BCUT2D eigenvalue weighted by Crippen LogP contribution is -2.25. The predicted octanol–water partition coefficient (Wildman–Crippen LogP) is 3.59. The minimum Gasteiger partial charge on any atom is -0.495 e. The van der Waals surface area contributed by atoms with Crippen molar-refractivity contribution >= 4 is 21.6 Å². The number of aryl methyl sites for hydroxylation is 1. The number of carbonyl (C=O) groups is 1. The SMILES string of the molecule is CCCCNC(=O)c1ccc(OC)c(S(=O)(=O)Nc2ccc(CC)cc2)c1. The highest BCUT2D eigenvalue weighted by molar-refractivity contribution is 7.92. The van der Waals surface area contributed by atoms with Gasteiger partial charge in [0, 0.05) is 17.8 Å². The summed E-state index contributed by atoms with van der Waals surface area (Å²) in [6.07, 6.45) is 2.70. The molecule has 2 aromatic rings. The average Bonchev–Trinajstić information content (AvgIpc) is 2.68. The molecule has 0 unspecified atom stereocenters.